The quantitative estimate of drug-likeness (QED) is 0.0250. The van der Waals surface area contributed by atoms with Gasteiger partial charge in [0.15, 0.2) is 0 Å². The molecule has 12 amide bonds. The van der Waals surface area contributed by atoms with Gasteiger partial charge in [-0.15, -0.1) is 0 Å². The van der Waals surface area contributed by atoms with Gasteiger partial charge >= 0.3 is 12.1 Å². The van der Waals surface area contributed by atoms with Crippen LogP contribution in [0.4, 0.5) is 15.3 Å². The van der Waals surface area contributed by atoms with Gasteiger partial charge in [-0.25, -0.2) is 9.59 Å². The first-order chi connectivity index (χ1) is 53.1. The van der Waals surface area contributed by atoms with E-state index >= 15 is 0 Å². The van der Waals surface area contributed by atoms with Crippen LogP contribution >= 0.6 is 0 Å². The van der Waals surface area contributed by atoms with Gasteiger partial charge in [0.2, 0.25) is 41.4 Å². The Bertz CT molecular complexity index is 3730. The van der Waals surface area contributed by atoms with Crippen LogP contribution < -0.4 is 53.0 Å². The first-order valence-electron chi connectivity index (χ1n) is 39.2. The smallest absolute Gasteiger partial charge is 0.407 e. The summed E-state index contributed by atoms with van der Waals surface area (Å²) in [5, 5.41) is 51.2. The zero-order valence-electron chi connectivity index (χ0n) is 65.1. The van der Waals surface area contributed by atoms with Crippen molar-refractivity contribution in [2.45, 2.75) is 199 Å². The van der Waals surface area contributed by atoms with Crippen LogP contribution in [-0.4, -0.2) is 202 Å². The first kappa shape index (κ1) is 87.5. The molecule has 30 nitrogen and oxygen atoms in total. The minimum atomic E-state index is -1.31. The number of alkyl carbamates (subject to hydrolysis) is 1. The van der Waals surface area contributed by atoms with Crippen molar-refractivity contribution in [3.63, 3.8) is 0 Å². The molecule has 2 unspecified atom stereocenters. The van der Waals surface area contributed by atoms with Gasteiger partial charge in [0, 0.05) is 43.8 Å². The number of carbonyl (C=O) groups excluding carboxylic acids is 11. The Balaban J connectivity index is 0.778. The van der Waals surface area contributed by atoms with Crippen LogP contribution in [0.25, 0.3) is 0 Å². The van der Waals surface area contributed by atoms with E-state index in [2.05, 4.69) is 68.5 Å². The fourth-order valence-corrected chi connectivity index (χ4v) is 16.6. The van der Waals surface area contributed by atoms with Gasteiger partial charge in [-0.3, -0.25) is 53.4 Å². The van der Waals surface area contributed by atoms with E-state index in [9.17, 15) is 63.0 Å². The summed E-state index contributed by atoms with van der Waals surface area (Å²) in [6.45, 7) is 13.5. The van der Waals surface area contributed by atoms with Gasteiger partial charge < -0.3 is 86.7 Å². The molecule has 2 fully saturated rings. The monoisotopic (exact) mass is 1550 g/mol. The highest BCUT2D eigenvalue weighted by Crippen LogP contribution is 2.60. The highest BCUT2D eigenvalue weighted by molar-refractivity contribution is 6.13. The van der Waals surface area contributed by atoms with Crippen LogP contribution in [0.15, 0.2) is 72.8 Å². The number of aliphatic hydroxyl groups is 2. The molecular formula is C81H116N10O20. The van der Waals surface area contributed by atoms with Crippen molar-refractivity contribution in [3.8, 4) is 11.5 Å². The molecule has 0 spiro atoms. The first-order valence-corrected chi connectivity index (χ1v) is 39.2. The second kappa shape index (κ2) is 42.0. The van der Waals surface area contributed by atoms with E-state index in [1.165, 1.54) is 23.3 Å². The molecule has 1 heterocycles. The molecule has 0 saturated heterocycles. The van der Waals surface area contributed by atoms with E-state index in [1.54, 1.807) is 44.2 Å². The molecule has 3 aromatic rings. The van der Waals surface area contributed by atoms with E-state index in [4.69, 9.17) is 39.3 Å². The summed E-state index contributed by atoms with van der Waals surface area (Å²) in [6.07, 6.45) is 9.86. The van der Waals surface area contributed by atoms with E-state index in [1.807, 2.05) is 32.0 Å². The van der Waals surface area contributed by atoms with Gasteiger partial charge in [0.05, 0.1) is 89.5 Å². The van der Waals surface area contributed by atoms with E-state index in [-0.39, 0.29) is 183 Å². The highest BCUT2D eigenvalue weighted by atomic mass is 16.6. The van der Waals surface area contributed by atoms with Crippen molar-refractivity contribution in [2.75, 3.05) is 97.6 Å². The average Bonchev–Trinajstić information content (AvgIpc) is 0.803. The van der Waals surface area contributed by atoms with Crippen LogP contribution in [0.3, 0.4) is 0 Å². The fourth-order valence-electron chi connectivity index (χ4n) is 16.6. The number of primary amides is 1. The van der Waals surface area contributed by atoms with Crippen molar-refractivity contribution >= 4 is 71.0 Å². The summed E-state index contributed by atoms with van der Waals surface area (Å²) in [6, 6.07) is 13.6. The number of aryl methyl sites for hydroxylation is 2. The molecule has 4 aliphatic carbocycles. The summed E-state index contributed by atoms with van der Waals surface area (Å²) in [7, 11) is 0. The maximum Gasteiger partial charge on any atom is 0.407 e. The largest absolute Gasteiger partial charge is 0.508 e. The Kier molecular flexibility index (Phi) is 33.1. The zero-order chi connectivity index (χ0) is 80.3. The lowest BCUT2D eigenvalue weighted by Crippen LogP contribution is -2.60. The molecule has 3 aromatic carbocycles. The summed E-state index contributed by atoms with van der Waals surface area (Å²) >= 11 is 0. The summed E-state index contributed by atoms with van der Waals surface area (Å²) in [5.74, 6) is -4.11. The molecule has 8 rings (SSSR count). The molecule has 0 radical (unpaired) electrons. The van der Waals surface area contributed by atoms with Gasteiger partial charge in [-0.2, -0.15) is 0 Å². The number of nitrogens with zero attached hydrogens (tertiary/aromatic N) is 1. The van der Waals surface area contributed by atoms with E-state index < -0.39 is 82.6 Å². The number of amides is 12. The maximum atomic E-state index is 14.8. The number of aliphatic hydroxyl groups excluding tert-OH is 2. The number of hydrogen-bond donors (Lipinski definition) is 12. The summed E-state index contributed by atoms with van der Waals surface area (Å²) in [4.78, 5) is 147. The van der Waals surface area contributed by atoms with Crippen LogP contribution in [0.5, 0.6) is 11.5 Å². The lowest BCUT2D eigenvalue weighted by molar-refractivity contribution is -0.150. The van der Waals surface area contributed by atoms with Crippen LogP contribution in [0.1, 0.15) is 172 Å². The molecule has 13 N–H and O–H groups in total. The molecular weight excluding hydrogens is 1430 g/mol. The standard InChI is InChI=1S/C81H116N10O20/c1-52(2)70(89-72(100)63(24-27-66(95)83-35-8-7-12-58(94)50-92)87-67(96)30-39-106-42-44-108-46-47-109-45-43-107-41-38-91-68(97)28-29-69(91)98)73(101)88-62(13-9-36-84-76(82)104)71(99)86-56-20-14-53(15-21-56)51-111-77(105)85-37-40-110-59-23-17-55-19-26-65-79(4,61(55)49-59)32-11-34-81(65,6)75(103)90-74(102)80(5)33-10-31-78(3)60-48-57(93)22-16-54(60)18-25-64(78)80/h14-17,20-23,28-29,48-49,52,58,62-65,70,92-94H,7-13,18-19,24-27,30-47,50-51H2,1-6H3,(H,83,95)(H,85,105)(H,86,99)(H,87,96)(H,88,101)(H,89,100)(H3,82,84,104)(H,90,102,103)/t58-,62+,63-,64?,65?,70+,78-,79-,80+,81+/m1/s1. The SMILES string of the molecule is CC(C)[C@H](NC(=O)[C@@H](CCC(=O)NCCCC[C@@H](O)CO)NC(=O)CCOCCOCCOCCOCCN1C(=O)C=CC1=O)C(=O)N[C@@H](CCCNC(N)=O)C(=O)Nc1ccc(COC(=O)NCCOc2ccc3c(c2)[C@@]2(C)CCC[C@](C)(C(=O)NC(=O)[C@@]4(C)CCC[C@]5(C)c6cc(O)ccc6CCC45)C2CC3)cc1. The molecule has 111 heavy (non-hydrogen) atoms. The fraction of sp³-hybridized carbons (Fsp3) is 0.617. The molecule has 1 aliphatic heterocycles. The second-order valence-corrected chi connectivity index (χ2v) is 31.0. The third-order valence-electron chi connectivity index (χ3n) is 22.8. The Hall–Kier alpha value is -9.07. The van der Waals surface area contributed by atoms with Crippen LogP contribution in [0, 0.1) is 28.6 Å². The number of urea groups is 1. The summed E-state index contributed by atoms with van der Waals surface area (Å²) in [5.41, 5.74) is 8.61. The molecule has 0 aromatic heterocycles. The second-order valence-electron chi connectivity index (χ2n) is 31.0. The number of rotatable bonds is 44. The number of imide groups is 2. The molecule has 0 bridgehead atoms. The van der Waals surface area contributed by atoms with Gasteiger partial charge in [0.1, 0.15) is 42.8 Å². The average molecular weight is 1550 g/mol. The minimum Gasteiger partial charge on any atom is -0.508 e. The zero-order valence-corrected chi connectivity index (χ0v) is 65.1. The predicted molar refractivity (Wildman–Crippen MR) is 409 cm³/mol. The Morgan fingerprint density at radius 2 is 1.16 bits per heavy atom. The molecule has 30 heteroatoms. The minimum absolute atomic E-state index is 0.00764. The van der Waals surface area contributed by atoms with Crippen LogP contribution in [0.2, 0.25) is 0 Å². The number of carbonyl (C=O) groups is 11. The van der Waals surface area contributed by atoms with Gasteiger partial charge in [-0.1, -0.05) is 78.6 Å². The normalized spacial score (nSPS) is 22.0. The van der Waals surface area contributed by atoms with Gasteiger partial charge in [0.25, 0.3) is 11.8 Å². The molecule has 5 aliphatic rings. The Morgan fingerprint density at radius 3 is 1.77 bits per heavy atom. The lowest BCUT2D eigenvalue weighted by Gasteiger charge is -2.56. The molecule has 10 atom stereocenters. The van der Waals surface area contributed by atoms with E-state index in [0.717, 1.165) is 67.4 Å². The maximum absolute atomic E-state index is 14.8. The highest BCUT2D eigenvalue weighted by Gasteiger charge is 2.59. The van der Waals surface area contributed by atoms with Crippen molar-refractivity contribution in [1.82, 2.24) is 42.1 Å². The Labute approximate surface area is 649 Å². The van der Waals surface area contributed by atoms with Crippen molar-refractivity contribution in [1.29, 1.82) is 0 Å². The van der Waals surface area contributed by atoms with Crippen molar-refractivity contribution in [2.24, 2.45) is 34.3 Å². The van der Waals surface area contributed by atoms with E-state index in [0.29, 0.717) is 49.1 Å². The number of benzene rings is 3. The lowest BCUT2D eigenvalue weighted by atomic mass is 9.49. The third kappa shape index (κ3) is 24.5. The number of phenols is 1. The number of anilines is 1. The molecule has 2 saturated carbocycles. The molecule has 610 valence electrons. The van der Waals surface area contributed by atoms with Crippen molar-refractivity contribution in [3.05, 3.63) is 101 Å². The number of fused-ring (bicyclic) bond motifs is 6. The summed E-state index contributed by atoms with van der Waals surface area (Å²) < 4.78 is 33.7. The van der Waals surface area contributed by atoms with Crippen molar-refractivity contribution < 1.29 is 96.5 Å². The Morgan fingerprint density at radius 1 is 0.586 bits per heavy atom. The number of nitrogens with two attached hydrogens (primary N) is 1. The topological polar surface area (TPSA) is 429 Å². The predicted octanol–water partition coefficient (Wildman–Crippen LogP) is 5.36. The third-order valence-corrected chi connectivity index (χ3v) is 22.8. The number of unbranched alkanes of at least 4 members (excludes halogenated alkanes) is 1. The van der Waals surface area contributed by atoms with Crippen LogP contribution in [-0.2, 0) is 97.1 Å². The number of aromatic hydroxyl groups is 1. The number of hydrogen-bond acceptors (Lipinski definition) is 20. The number of phenolic OH excluding ortho intramolecular Hbond substituents is 1. The van der Waals surface area contributed by atoms with Gasteiger partial charge in [-0.05, 0) is 183 Å². The number of nitrogens with one attached hydrogen (secondary N) is 8. The number of ether oxygens (including phenoxy) is 6.